The van der Waals surface area contributed by atoms with Crippen molar-refractivity contribution in [3.8, 4) is 0 Å². The van der Waals surface area contributed by atoms with Gasteiger partial charge in [0.15, 0.2) is 5.78 Å². The number of carbonyl (C=O) groups excluding carboxylic acids is 1. The van der Waals surface area contributed by atoms with Crippen molar-refractivity contribution in [2.75, 3.05) is 0 Å². The van der Waals surface area contributed by atoms with Crippen LogP contribution in [0, 0.1) is 6.92 Å². The van der Waals surface area contributed by atoms with Crippen molar-refractivity contribution in [3.63, 3.8) is 0 Å². The lowest BCUT2D eigenvalue weighted by atomic mass is 9.94. The minimum Gasteiger partial charge on any atom is -0.291 e. The Kier molecular flexibility index (Phi) is 3.26. The second-order valence-corrected chi connectivity index (χ2v) is 4.70. The summed E-state index contributed by atoms with van der Waals surface area (Å²) in [6.07, 6.45) is -3.82. The maximum absolute atomic E-state index is 12.5. The first-order valence-corrected chi connectivity index (χ1v) is 5.79. The highest BCUT2D eigenvalue weighted by atomic mass is 19.4. The summed E-state index contributed by atoms with van der Waals surface area (Å²) in [5.74, 6) is -0.622. The van der Waals surface area contributed by atoms with E-state index in [1.807, 2.05) is 0 Å². The molecule has 1 aliphatic carbocycles. The van der Waals surface area contributed by atoms with Crippen LogP contribution in [0.25, 0.3) is 0 Å². The van der Waals surface area contributed by atoms with E-state index >= 15 is 0 Å². The normalized spacial score (nSPS) is 22.4. The van der Waals surface area contributed by atoms with E-state index in [1.165, 1.54) is 6.08 Å². The molecule has 0 radical (unpaired) electrons. The molecule has 0 N–H and O–H groups in total. The Hall–Kier alpha value is -1.62. The van der Waals surface area contributed by atoms with Gasteiger partial charge in [-0.1, -0.05) is 23.8 Å². The second kappa shape index (κ2) is 4.49. The lowest BCUT2D eigenvalue weighted by Gasteiger charge is -2.27. The van der Waals surface area contributed by atoms with Gasteiger partial charge in [-0.3, -0.25) is 9.53 Å². The lowest BCUT2D eigenvalue weighted by molar-refractivity contribution is -0.355. The van der Waals surface area contributed by atoms with Gasteiger partial charge in [0.05, 0.1) is 0 Å². The summed E-state index contributed by atoms with van der Waals surface area (Å²) in [7, 11) is 0. The fourth-order valence-electron chi connectivity index (χ4n) is 2.43. The zero-order valence-electron chi connectivity index (χ0n) is 10.4. The summed E-state index contributed by atoms with van der Waals surface area (Å²) < 4.78 is 41.8. The van der Waals surface area contributed by atoms with Crippen LogP contribution in [0.2, 0.25) is 0 Å². The minimum absolute atomic E-state index is 0.0764. The molecule has 1 unspecified atom stereocenters. The molecule has 1 aromatic carbocycles. The van der Waals surface area contributed by atoms with Crippen molar-refractivity contribution in [3.05, 3.63) is 47.5 Å². The van der Waals surface area contributed by atoms with Crippen LogP contribution in [0.3, 0.4) is 0 Å². The smallest absolute Gasteiger partial charge is 0.291 e. The van der Waals surface area contributed by atoms with E-state index in [9.17, 15) is 18.0 Å². The van der Waals surface area contributed by atoms with E-state index in [0.29, 0.717) is 11.1 Å². The van der Waals surface area contributed by atoms with Crippen molar-refractivity contribution in [2.45, 2.75) is 31.7 Å². The van der Waals surface area contributed by atoms with Crippen LogP contribution in [0.1, 0.15) is 27.9 Å². The van der Waals surface area contributed by atoms with Gasteiger partial charge in [-0.05, 0) is 18.6 Å². The first-order valence-electron chi connectivity index (χ1n) is 5.79. The van der Waals surface area contributed by atoms with E-state index < -0.39 is 17.7 Å². The van der Waals surface area contributed by atoms with Crippen molar-refractivity contribution in [2.24, 2.45) is 0 Å². The molecule has 0 spiro atoms. The standard InChI is InChI=1S/C14H13F3O2/c1-3-6-13(19-14(15,16)17)8-10-5-4-9(2)7-11(10)12(13)18/h3-5,7H,1,6,8H2,2H3. The molecule has 0 bridgehead atoms. The lowest BCUT2D eigenvalue weighted by Crippen LogP contribution is -2.43. The van der Waals surface area contributed by atoms with Crippen molar-refractivity contribution in [1.82, 2.24) is 0 Å². The quantitative estimate of drug-likeness (QED) is 0.785. The first kappa shape index (κ1) is 13.8. The van der Waals surface area contributed by atoms with Crippen LogP contribution in [0.15, 0.2) is 30.9 Å². The van der Waals surface area contributed by atoms with E-state index in [2.05, 4.69) is 11.3 Å². The largest absolute Gasteiger partial charge is 0.523 e. The van der Waals surface area contributed by atoms with Gasteiger partial charge >= 0.3 is 6.36 Å². The molecule has 0 fully saturated rings. The summed E-state index contributed by atoms with van der Waals surface area (Å²) >= 11 is 0. The molecule has 1 aromatic rings. The highest BCUT2D eigenvalue weighted by Gasteiger charge is 2.52. The third kappa shape index (κ3) is 2.56. The number of rotatable bonds is 3. The van der Waals surface area contributed by atoms with Gasteiger partial charge in [-0.2, -0.15) is 0 Å². The summed E-state index contributed by atoms with van der Waals surface area (Å²) in [5, 5.41) is 0. The van der Waals surface area contributed by atoms with Gasteiger partial charge < -0.3 is 0 Å². The monoisotopic (exact) mass is 270 g/mol. The van der Waals surface area contributed by atoms with Crippen LogP contribution in [0.4, 0.5) is 13.2 Å². The van der Waals surface area contributed by atoms with Gasteiger partial charge in [0.2, 0.25) is 0 Å². The number of hydrogen-bond donors (Lipinski definition) is 0. The summed E-state index contributed by atoms with van der Waals surface area (Å²) in [6, 6.07) is 5.04. The predicted octanol–water partition coefficient (Wildman–Crippen LogP) is 3.59. The van der Waals surface area contributed by atoms with Gasteiger partial charge in [0.1, 0.15) is 5.60 Å². The van der Waals surface area contributed by atoms with Crippen LogP contribution in [0.5, 0.6) is 0 Å². The Morgan fingerprint density at radius 2 is 2.16 bits per heavy atom. The highest BCUT2D eigenvalue weighted by Crippen LogP contribution is 2.40. The first-order chi connectivity index (χ1) is 8.77. The van der Waals surface area contributed by atoms with Crippen LogP contribution >= 0.6 is 0 Å². The zero-order valence-corrected chi connectivity index (χ0v) is 10.4. The van der Waals surface area contributed by atoms with E-state index in [4.69, 9.17) is 0 Å². The minimum atomic E-state index is -4.85. The van der Waals surface area contributed by atoms with Gasteiger partial charge in [-0.25, -0.2) is 0 Å². The molecule has 1 aliphatic rings. The fourth-order valence-corrected chi connectivity index (χ4v) is 2.43. The molecule has 0 aromatic heterocycles. The number of fused-ring (bicyclic) bond motifs is 1. The number of benzene rings is 1. The summed E-state index contributed by atoms with van der Waals surface area (Å²) in [6.45, 7) is 5.20. The van der Waals surface area contributed by atoms with Crippen LogP contribution in [-0.2, 0) is 11.2 Å². The number of ketones is 1. The molecule has 0 saturated heterocycles. The van der Waals surface area contributed by atoms with Crippen molar-refractivity contribution >= 4 is 5.78 Å². The number of halogens is 3. The zero-order chi connectivity index (χ0) is 14.3. The average molecular weight is 270 g/mol. The number of carbonyl (C=O) groups is 1. The molecule has 102 valence electrons. The number of ether oxygens (including phenoxy) is 1. The van der Waals surface area contributed by atoms with Crippen molar-refractivity contribution < 1.29 is 22.7 Å². The Labute approximate surface area is 108 Å². The van der Waals surface area contributed by atoms with Crippen LogP contribution < -0.4 is 0 Å². The van der Waals surface area contributed by atoms with Crippen LogP contribution in [-0.4, -0.2) is 17.7 Å². The SMILES string of the molecule is C=CCC1(OC(F)(F)F)Cc2ccc(C)cc2C1=O. The Morgan fingerprint density at radius 3 is 2.74 bits per heavy atom. The molecular weight excluding hydrogens is 257 g/mol. The topological polar surface area (TPSA) is 26.3 Å². The predicted molar refractivity (Wildman–Crippen MR) is 63.9 cm³/mol. The van der Waals surface area contributed by atoms with E-state index in [-0.39, 0.29) is 12.8 Å². The highest BCUT2D eigenvalue weighted by molar-refractivity contribution is 6.07. The summed E-state index contributed by atoms with van der Waals surface area (Å²) in [5.41, 5.74) is -0.169. The molecule has 5 heteroatoms. The maximum atomic E-state index is 12.5. The molecule has 2 rings (SSSR count). The molecule has 0 amide bonds. The Bertz CT molecular complexity index is 534. The van der Waals surface area contributed by atoms with Gasteiger partial charge in [0.25, 0.3) is 0 Å². The molecule has 0 heterocycles. The summed E-state index contributed by atoms with van der Waals surface area (Å²) in [4.78, 5) is 12.3. The molecule has 0 saturated carbocycles. The second-order valence-electron chi connectivity index (χ2n) is 4.70. The molecule has 0 aliphatic heterocycles. The molecule has 19 heavy (non-hydrogen) atoms. The maximum Gasteiger partial charge on any atom is 0.523 e. The van der Waals surface area contributed by atoms with E-state index in [1.54, 1.807) is 25.1 Å². The van der Waals surface area contributed by atoms with Gasteiger partial charge in [-0.15, -0.1) is 19.8 Å². The third-order valence-corrected chi connectivity index (χ3v) is 3.18. The fraction of sp³-hybridized carbons (Fsp3) is 0.357. The Morgan fingerprint density at radius 1 is 1.47 bits per heavy atom. The number of aryl methyl sites for hydroxylation is 1. The molecular formula is C14H13F3O2. The molecule has 2 nitrogen and oxygen atoms in total. The Balaban J connectivity index is 2.44. The third-order valence-electron chi connectivity index (χ3n) is 3.18. The number of alkyl halides is 3. The molecule has 1 atom stereocenters. The van der Waals surface area contributed by atoms with E-state index in [0.717, 1.165) is 5.56 Å². The number of hydrogen-bond acceptors (Lipinski definition) is 2. The van der Waals surface area contributed by atoms with Gasteiger partial charge in [0, 0.05) is 18.4 Å². The van der Waals surface area contributed by atoms with Crippen molar-refractivity contribution in [1.29, 1.82) is 0 Å². The number of Topliss-reactive ketones (excluding diaryl/α,β-unsaturated/α-hetero) is 1. The average Bonchev–Trinajstić information content (AvgIpc) is 2.52.